The molecule has 0 aliphatic heterocycles. The van der Waals surface area contributed by atoms with Gasteiger partial charge in [-0.1, -0.05) is 48.0 Å². The number of fused-ring (bicyclic) bond motifs is 1. The van der Waals surface area contributed by atoms with E-state index in [-0.39, 0.29) is 5.56 Å². The summed E-state index contributed by atoms with van der Waals surface area (Å²) in [6.07, 6.45) is 1.64. The quantitative estimate of drug-likeness (QED) is 0.302. The molecule has 0 spiro atoms. The summed E-state index contributed by atoms with van der Waals surface area (Å²) in [5, 5.41) is 14.4. The monoisotopic (exact) mass is 516 g/mol. The number of pyridine rings is 1. The second kappa shape index (κ2) is 9.95. The maximum absolute atomic E-state index is 13.7. The molecule has 3 heterocycles. The largest absolute Gasteiger partial charge is 0.468 e. The molecule has 0 saturated heterocycles. The first-order valence-corrected chi connectivity index (χ1v) is 12.5. The van der Waals surface area contributed by atoms with E-state index >= 15 is 0 Å². The van der Waals surface area contributed by atoms with Gasteiger partial charge in [-0.3, -0.25) is 9.69 Å². The summed E-state index contributed by atoms with van der Waals surface area (Å²) in [4.78, 5) is 18.9. The van der Waals surface area contributed by atoms with Gasteiger partial charge < -0.3 is 9.40 Å². The number of rotatable bonds is 7. The summed E-state index contributed by atoms with van der Waals surface area (Å²) in [7, 11) is 0. The number of aryl methyl sites for hydroxylation is 1. The zero-order valence-electron chi connectivity index (χ0n) is 21.3. The molecular weight excluding hydrogens is 488 g/mol. The molecule has 3 aromatic heterocycles. The highest BCUT2D eigenvalue weighted by Gasteiger charge is 2.34. The number of halogens is 1. The molecule has 1 atom stereocenters. The van der Waals surface area contributed by atoms with Gasteiger partial charge in [-0.05, 0) is 78.9 Å². The normalized spacial score (nSPS) is 12.9. The van der Waals surface area contributed by atoms with Crippen LogP contribution in [0.1, 0.15) is 55.1 Å². The minimum absolute atomic E-state index is 0.195. The van der Waals surface area contributed by atoms with E-state index in [0.717, 1.165) is 27.8 Å². The number of H-pyrrole nitrogens is 1. The molecule has 5 rings (SSSR count). The Bertz CT molecular complexity index is 1580. The van der Waals surface area contributed by atoms with Crippen LogP contribution < -0.4 is 5.56 Å². The maximum atomic E-state index is 13.7. The van der Waals surface area contributed by atoms with Crippen molar-refractivity contribution in [2.24, 2.45) is 0 Å². The minimum Gasteiger partial charge on any atom is -0.468 e. The van der Waals surface area contributed by atoms with Crippen molar-refractivity contribution in [3.63, 3.8) is 0 Å². The molecule has 0 aliphatic rings. The molecule has 0 fully saturated rings. The number of hydrogen-bond donors (Lipinski definition) is 1. The lowest BCUT2D eigenvalue weighted by Crippen LogP contribution is -2.37. The lowest BCUT2D eigenvalue weighted by atomic mass is 10.00. The van der Waals surface area contributed by atoms with Crippen molar-refractivity contribution in [2.45, 2.75) is 52.4 Å². The van der Waals surface area contributed by atoms with E-state index in [0.29, 0.717) is 29.5 Å². The smallest absolute Gasteiger partial charge is 0.253 e. The fourth-order valence-corrected chi connectivity index (χ4v) is 4.83. The second-order valence-electron chi connectivity index (χ2n) is 10.2. The summed E-state index contributed by atoms with van der Waals surface area (Å²) in [5.41, 5.74) is 2.66. The molecule has 0 aliphatic carbocycles. The molecule has 0 amide bonds. The van der Waals surface area contributed by atoms with Gasteiger partial charge in [0.15, 0.2) is 5.82 Å². The fourth-order valence-electron chi connectivity index (χ4n) is 4.63. The van der Waals surface area contributed by atoms with E-state index in [1.165, 1.54) is 0 Å². The van der Waals surface area contributed by atoms with Crippen LogP contribution >= 0.6 is 11.6 Å². The van der Waals surface area contributed by atoms with E-state index in [1.807, 2.05) is 88.4 Å². The predicted octanol–water partition coefficient (Wildman–Crippen LogP) is 5.62. The summed E-state index contributed by atoms with van der Waals surface area (Å²) < 4.78 is 7.51. The molecule has 2 aromatic carbocycles. The molecule has 0 radical (unpaired) electrons. The first kappa shape index (κ1) is 24.9. The molecule has 5 aromatic rings. The average Bonchev–Trinajstić information content (AvgIpc) is 3.54. The van der Waals surface area contributed by atoms with Gasteiger partial charge in [0.05, 0.1) is 23.9 Å². The van der Waals surface area contributed by atoms with E-state index in [4.69, 9.17) is 16.0 Å². The van der Waals surface area contributed by atoms with Crippen LogP contribution in [0.5, 0.6) is 0 Å². The van der Waals surface area contributed by atoms with Crippen LogP contribution in [0.4, 0.5) is 0 Å². The Morgan fingerprint density at radius 2 is 1.89 bits per heavy atom. The third-order valence-electron chi connectivity index (χ3n) is 6.42. The van der Waals surface area contributed by atoms with Crippen molar-refractivity contribution in [2.75, 3.05) is 0 Å². The molecule has 9 heteroatoms. The number of hydrogen-bond acceptors (Lipinski definition) is 6. The van der Waals surface area contributed by atoms with Gasteiger partial charge in [0, 0.05) is 17.1 Å². The number of para-hydroxylation sites is 1. The zero-order valence-corrected chi connectivity index (χ0v) is 22.0. The van der Waals surface area contributed by atoms with Crippen molar-refractivity contribution < 1.29 is 4.42 Å². The highest BCUT2D eigenvalue weighted by atomic mass is 35.5. The molecule has 0 bridgehead atoms. The van der Waals surface area contributed by atoms with Crippen LogP contribution in [0, 0.1) is 6.92 Å². The number of nitrogens with one attached hydrogen (secondary N) is 1. The molecule has 37 heavy (non-hydrogen) atoms. The number of aromatic nitrogens is 5. The van der Waals surface area contributed by atoms with Gasteiger partial charge in [-0.25, -0.2) is 4.68 Å². The zero-order chi connectivity index (χ0) is 26.2. The van der Waals surface area contributed by atoms with Crippen molar-refractivity contribution in [3.8, 4) is 0 Å². The third kappa shape index (κ3) is 5.08. The molecule has 8 nitrogen and oxygen atoms in total. The number of benzene rings is 2. The third-order valence-corrected chi connectivity index (χ3v) is 6.79. The number of aromatic amines is 1. The summed E-state index contributed by atoms with van der Waals surface area (Å²) in [6, 6.07) is 18.8. The van der Waals surface area contributed by atoms with Crippen LogP contribution in [0.2, 0.25) is 5.02 Å². The van der Waals surface area contributed by atoms with E-state index in [1.54, 1.807) is 10.9 Å². The van der Waals surface area contributed by atoms with Gasteiger partial charge in [0.2, 0.25) is 0 Å². The van der Waals surface area contributed by atoms with Gasteiger partial charge >= 0.3 is 0 Å². The van der Waals surface area contributed by atoms with Crippen LogP contribution in [0.3, 0.4) is 0 Å². The Hall–Kier alpha value is -3.75. The lowest BCUT2D eigenvalue weighted by Gasteiger charge is -2.32. The van der Waals surface area contributed by atoms with Crippen LogP contribution in [0.15, 0.2) is 76.1 Å². The van der Waals surface area contributed by atoms with Crippen LogP contribution in [0.25, 0.3) is 10.9 Å². The van der Waals surface area contributed by atoms with Gasteiger partial charge in [-0.2, -0.15) is 0 Å². The van der Waals surface area contributed by atoms with E-state index in [9.17, 15) is 4.79 Å². The highest BCUT2D eigenvalue weighted by Crippen LogP contribution is 2.33. The van der Waals surface area contributed by atoms with Gasteiger partial charge in [-0.15, -0.1) is 5.10 Å². The van der Waals surface area contributed by atoms with Crippen LogP contribution in [-0.2, 0) is 18.6 Å². The number of furan rings is 1. The topological polar surface area (TPSA) is 92.8 Å². The van der Waals surface area contributed by atoms with Crippen molar-refractivity contribution >= 4 is 22.5 Å². The van der Waals surface area contributed by atoms with Gasteiger partial charge in [0.25, 0.3) is 5.56 Å². The Morgan fingerprint density at radius 3 is 2.62 bits per heavy atom. The summed E-state index contributed by atoms with van der Waals surface area (Å²) in [6.45, 7) is 8.92. The molecule has 190 valence electrons. The Morgan fingerprint density at radius 1 is 1.08 bits per heavy atom. The highest BCUT2D eigenvalue weighted by molar-refractivity contribution is 6.31. The van der Waals surface area contributed by atoms with Crippen molar-refractivity contribution in [3.05, 3.63) is 111 Å². The standard InChI is InChI=1S/C28H29ClN6O2/c1-18-9-7-11-19-15-22(27(36)30-24(18)19)25(26-31-32-33-35(26)28(2,3)4)34(17-21-12-8-14-37-21)16-20-10-5-6-13-23(20)29/h5-15,25H,16-17H2,1-4H3,(H,30,36)/t25-/m0/s1. The fraction of sp³-hybridized carbons (Fsp3) is 0.286. The molecule has 0 unspecified atom stereocenters. The van der Waals surface area contributed by atoms with E-state index < -0.39 is 11.6 Å². The second-order valence-corrected chi connectivity index (χ2v) is 10.6. The Balaban J connectivity index is 1.75. The number of nitrogens with zero attached hydrogens (tertiary/aromatic N) is 5. The van der Waals surface area contributed by atoms with Gasteiger partial charge in [0.1, 0.15) is 11.8 Å². The lowest BCUT2D eigenvalue weighted by molar-refractivity contribution is 0.171. The van der Waals surface area contributed by atoms with Crippen LogP contribution in [-0.4, -0.2) is 30.1 Å². The molecule has 1 N–H and O–H groups in total. The summed E-state index contributed by atoms with van der Waals surface area (Å²) >= 11 is 6.59. The van der Waals surface area contributed by atoms with Crippen molar-refractivity contribution in [1.82, 2.24) is 30.1 Å². The number of tetrazole rings is 1. The summed E-state index contributed by atoms with van der Waals surface area (Å²) in [5.74, 6) is 1.31. The van der Waals surface area contributed by atoms with E-state index in [2.05, 4.69) is 25.4 Å². The SMILES string of the molecule is Cc1cccc2cc([C@@H](c3nnnn3C(C)(C)C)N(Cc3ccco3)Cc3ccccc3Cl)c(=O)[nH]c12. The average molecular weight is 517 g/mol. The molecule has 0 saturated carbocycles. The maximum Gasteiger partial charge on any atom is 0.253 e. The van der Waals surface area contributed by atoms with Crippen molar-refractivity contribution in [1.29, 1.82) is 0 Å². The Labute approximate surface area is 219 Å². The first-order valence-electron chi connectivity index (χ1n) is 12.1. The first-order chi connectivity index (χ1) is 17.7. The predicted molar refractivity (Wildman–Crippen MR) is 143 cm³/mol. The Kier molecular flexibility index (Phi) is 6.70. The minimum atomic E-state index is -0.593. The molecular formula is C28H29ClN6O2.